The van der Waals surface area contributed by atoms with Gasteiger partial charge in [-0.3, -0.25) is 10.1 Å². The van der Waals surface area contributed by atoms with E-state index in [-0.39, 0.29) is 11.5 Å². The van der Waals surface area contributed by atoms with Gasteiger partial charge in [0.25, 0.3) is 5.69 Å². The Bertz CT molecular complexity index is 395. The molecule has 1 heterocycles. The Morgan fingerprint density at radius 3 is 2.65 bits per heavy atom. The molecule has 0 unspecified atom stereocenters. The number of nitrogens with one attached hydrogen (secondary N) is 2. The smallest absolute Gasteiger partial charge is 0.276 e. The zero-order valence-corrected chi connectivity index (χ0v) is 9.80. The largest absolute Gasteiger partial charge is 0.369 e. The van der Waals surface area contributed by atoms with Gasteiger partial charge in [0.2, 0.25) is 0 Å². The van der Waals surface area contributed by atoms with Gasteiger partial charge in [-0.1, -0.05) is 0 Å². The van der Waals surface area contributed by atoms with Crippen LogP contribution in [-0.2, 0) is 0 Å². The Balaban J connectivity index is 2.76. The van der Waals surface area contributed by atoms with Gasteiger partial charge >= 0.3 is 0 Å². The second kappa shape index (κ2) is 5.97. The molecule has 0 spiro atoms. The third kappa shape index (κ3) is 4.21. The van der Waals surface area contributed by atoms with Gasteiger partial charge in [-0.25, -0.2) is 10.8 Å². The molecule has 0 aliphatic heterocycles. The molecule has 0 aliphatic rings. The lowest BCUT2D eigenvalue weighted by Gasteiger charge is -2.11. The van der Waals surface area contributed by atoms with Crippen molar-refractivity contribution in [3.05, 3.63) is 22.2 Å². The van der Waals surface area contributed by atoms with E-state index in [0.717, 1.165) is 6.54 Å². The average Bonchev–Trinajstić information content (AvgIpc) is 2.28. The number of aromatic nitrogens is 1. The minimum Gasteiger partial charge on any atom is -0.369 e. The number of nitrogens with two attached hydrogens (primary N) is 1. The van der Waals surface area contributed by atoms with Crippen molar-refractivity contribution < 1.29 is 4.92 Å². The van der Waals surface area contributed by atoms with Crippen LogP contribution in [0.1, 0.15) is 0 Å². The predicted octanol–water partition coefficient (Wildman–Crippen LogP) is 0.249. The quantitative estimate of drug-likeness (QED) is 0.371. The van der Waals surface area contributed by atoms with Crippen LogP contribution in [0, 0.1) is 10.1 Å². The lowest BCUT2D eigenvalue weighted by Crippen LogP contribution is -2.21. The summed E-state index contributed by atoms with van der Waals surface area (Å²) >= 11 is 0. The molecule has 0 saturated carbocycles. The highest BCUT2D eigenvalue weighted by Crippen LogP contribution is 2.19. The molecule has 4 N–H and O–H groups in total. The molecule has 0 atom stereocenters. The van der Waals surface area contributed by atoms with Gasteiger partial charge in [-0.15, -0.1) is 0 Å². The molecule has 1 aromatic heterocycles. The number of hydrazine groups is 1. The van der Waals surface area contributed by atoms with E-state index in [4.69, 9.17) is 5.84 Å². The highest BCUT2D eigenvalue weighted by molar-refractivity contribution is 5.54. The lowest BCUT2D eigenvalue weighted by atomic mass is 10.3. The third-order valence-corrected chi connectivity index (χ3v) is 2.03. The maximum Gasteiger partial charge on any atom is 0.276 e. The van der Waals surface area contributed by atoms with Crippen LogP contribution >= 0.6 is 0 Å². The van der Waals surface area contributed by atoms with Gasteiger partial charge in [0, 0.05) is 13.1 Å². The van der Waals surface area contributed by atoms with E-state index in [1.54, 1.807) is 0 Å². The third-order valence-electron chi connectivity index (χ3n) is 2.03. The van der Waals surface area contributed by atoms with Gasteiger partial charge in [0.1, 0.15) is 11.6 Å². The fourth-order valence-electron chi connectivity index (χ4n) is 1.19. The number of likely N-dealkylation sites (N-methyl/N-ethyl adjacent to an activating group) is 1. The molecule has 8 nitrogen and oxygen atoms in total. The zero-order valence-electron chi connectivity index (χ0n) is 9.80. The molecule has 0 aromatic carbocycles. The van der Waals surface area contributed by atoms with Crippen LogP contribution in [-0.4, -0.2) is 42.0 Å². The van der Waals surface area contributed by atoms with E-state index in [9.17, 15) is 10.1 Å². The van der Waals surface area contributed by atoms with Crippen molar-refractivity contribution in [1.82, 2.24) is 9.88 Å². The number of nitrogens with zero attached hydrogens (tertiary/aromatic N) is 3. The molecule has 0 bridgehead atoms. The molecular formula is C9H16N6O2. The van der Waals surface area contributed by atoms with Crippen molar-refractivity contribution in [2.24, 2.45) is 5.84 Å². The zero-order chi connectivity index (χ0) is 12.8. The molecule has 0 aliphatic carbocycles. The summed E-state index contributed by atoms with van der Waals surface area (Å²) in [4.78, 5) is 16.2. The van der Waals surface area contributed by atoms with E-state index in [0.29, 0.717) is 12.4 Å². The summed E-state index contributed by atoms with van der Waals surface area (Å²) in [5.41, 5.74) is 2.24. The molecule has 0 amide bonds. The number of pyridine rings is 1. The molecule has 17 heavy (non-hydrogen) atoms. The van der Waals surface area contributed by atoms with Crippen LogP contribution in [0.15, 0.2) is 12.1 Å². The first-order valence-electron chi connectivity index (χ1n) is 5.04. The number of hydrogen-bond acceptors (Lipinski definition) is 7. The molecule has 0 fully saturated rings. The number of rotatable bonds is 6. The highest BCUT2D eigenvalue weighted by atomic mass is 16.6. The second-order valence-electron chi connectivity index (χ2n) is 3.73. The van der Waals surface area contributed by atoms with Crippen LogP contribution < -0.4 is 16.6 Å². The van der Waals surface area contributed by atoms with E-state index in [2.05, 4.69) is 15.7 Å². The monoisotopic (exact) mass is 240 g/mol. The lowest BCUT2D eigenvalue weighted by molar-refractivity contribution is -0.384. The summed E-state index contributed by atoms with van der Waals surface area (Å²) < 4.78 is 0. The van der Waals surface area contributed by atoms with Crippen LogP contribution in [0.5, 0.6) is 0 Å². The van der Waals surface area contributed by atoms with Crippen LogP contribution in [0.25, 0.3) is 0 Å². The summed E-state index contributed by atoms with van der Waals surface area (Å²) in [5, 5.41) is 13.7. The fraction of sp³-hybridized carbons (Fsp3) is 0.444. The molecule has 1 aromatic rings. The van der Waals surface area contributed by atoms with Gasteiger partial charge in [-0.2, -0.15) is 0 Å². The summed E-state index contributed by atoms with van der Waals surface area (Å²) in [6.45, 7) is 1.45. The number of nitrogen functional groups attached to an aromatic ring is 1. The maximum absolute atomic E-state index is 10.7. The van der Waals surface area contributed by atoms with Crippen molar-refractivity contribution >= 4 is 17.3 Å². The fourth-order valence-corrected chi connectivity index (χ4v) is 1.19. The molecule has 0 radical (unpaired) electrons. The molecule has 94 valence electrons. The molecule has 0 saturated heterocycles. The van der Waals surface area contributed by atoms with Crippen molar-refractivity contribution in [1.29, 1.82) is 0 Å². The standard InChI is InChI=1S/C9H16N6O2/c1-14(2)4-3-11-8-5-7(15(16)17)6-9(12-8)13-10/h5-6H,3-4,10H2,1-2H3,(H2,11,12,13). The van der Waals surface area contributed by atoms with E-state index < -0.39 is 4.92 Å². The van der Waals surface area contributed by atoms with Crippen LogP contribution in [0.4, 0.5) is 17.3 Å². The SMILES string of the molecule is CN(C)CCNc1cc([N+](=O)[O-])cc(NN)n1. The molecule has 8 heteroatoms. The maximum atomic E-state index is 10.7. The highest BCUT2D eigenvalue weighted by Gasteiger charge is 2.10. The summed E-state index contributed by atoms with van der Waals surface area (Å²) in [7, 11) is 3.88. The normalized spacial score (nSPS) is 10.4. The molecular weight excluding hydrogens is 224 g/mol. The van der Waals surface area contributed by atoms with Gasteiger partial charge in [0.05, 0.1) is 17.1 Å². The molecule has 1 rings (SSSR count). The number of anilines is 2. The Hall–Kier alpha value is -1.93. The second-order valence-corrected chi connectivity index (χ2v) is 3.73. The summed E-state index contributed by atoms with van der Waals surface area (Å²) in [6.07, 6.45) is 0. The first-order chi connectivity index (χ1) is 8.02. The van der Waals surface area contributed by atoms with E-state index in [1.165, 1.54) is 12.1 Å². The van der Waals surface area contributed by atoms with E-state index in [1.807, 2.05) is 19.0 Å². The summed E-state index contributed by atoms with van der Waals surface area (Å²) in [6, 6.07) is 2.65. The minimum absolute atomic E-state index is 0.0553. The van der Waals surface area contributed by atoms with Gasteiger partial charge < -0.3 is 15.6 Å². The topological polar surface area (TPSA) is 109 Å². The van der Waals surface area contributed by atoms with Crippen molar-refractivity contribution in [2.45, 2.75) is 0 Å². The number of hydrogen-bond donors (Lipinski definition) is 3. The van der Waals surface area contributed by atoms with Crippen LogP contribution in [0.2, 0.25) is 0 Å². The first kappa shape index (κ1) is 13.1. The average molecular weight is 240 g/mol. The first-order valence-corrected chi connectivity index (χ1v) is 5.04. The van der Waals surface area contributed by atoms with Crippen molar-refractivity contribution in [3.8, 4) is 0 Å². The van der Waals surface area contributed by atoms with E-state index >= 15 is 0 Å². The Morgan fingerprint density at radius 1 is 1.47 bits per heavy atom. The predicted molar refractivity (Wildman–Crippen MR) is 65.7 cm³/mol. The van der Waals surface area contributed by atoms with Gasteiger partial charge in [0.15, 0.2) is 0 Å². The van der Waals surface area contributed by atoms with Gasteiger partial charge in [-0.05, 0) is 14.1 Å². The number of nitro groups is 1. The minimum atomic E-state index is -0.486. The van der Waals surface area contributed by atoms with Crippen molar-refractivity contribution in [3.63, 3.8) is 0 Å². The Labute approximate surface area is 98.9 Å². The van der Waals surface area contributed by atoms with Crippen molar-refractivity contribution in [2.75, 3.05) is 37.9 Å². The summed E-state index contributed by atoms with van der Waals surface area (Å²) in [5.74, 6) is 5.87. The Morgan fingerprint density at radius 2 is 2.12 bits per heavy atom. The Kier molecular flexibility index (Phi) is 4.61. The van der Waals surface area contributed by atoms with Crippen LogP contribution in [0.3, 0.4) is 0 Å².